The van der Waals surface area contributed by atoms with Gasteiger partial charge in [-0.2, -0.15) is 0 Å². The van der Waals surface area contributed by atoms with E-state index >= 15 is 0 Å². The Hall–Kier alpha value is 0.137. The minimum absolute atomic E-state index is 0.510. The van der Waals surface area contributed by atoms with Crippen LogP contribution < -0.4 is 0 Å². The van der Waals surface area contributed by atoms with Gasteiger partial charge in [0.25, 0.3) is 0 Å². The highest BCUT2D eigenvalue weighted by molar-refractivity contribution is 6.71. The van der Waals surface area contributed by atoms with Crippen molar-refractivity contribution in [3.63, 3.8) is 0 Å². The molecule has 2 rings (SSSR count). The zero-order valence-corrected chi connectivity index (χ0v) is 14.7. The highest BCUT2D eigenvalue weighted by atomic mass is 28.4. The van der Waals surface area contributed by atoms with Gasteiger partial charge in [-0.15, -0.1) is 0 Å². The van der Waals surface area contributed by atoms with Gasteiger partial charge in [0.2, 0.25) is 0 Å². The minimum atomic E-state index is -2.01. The van der Waals surface area contributed by atoms with E-state index in [1.165, 1.54) is 25.7 Å². The van der Waals surface area contributed by atoms with Gasteiger partial charge in [-0.05, 0) is 50.4 Å². The molecule has 0 unspecified atom stereocenters. The van der Waals surface area contributed by atoms with Crippen molar-refractivity contribution < 1.29 is 8.85 Å². The molecule has 0 heterocycles. The van der Waals surface area contributed by atoms with E-state index < -0.39 is 8.56 Å². The van der Waals surface area contributed by atoms with E-state index in [2.05, 4.69) is 41.5 Å². The summed E-state index contributed by atoms with van der Waals surface area (Å²) < 4.78 is 12.8. The van der Waals surface area contributed by atoms with Crippen molar-refractivity contribution >= 4 is 8.56 Å². The van der Waals surface area contributed by atoms with Gasteiger partial charge >= 0.3 is 8.56 Å². The summed E-state index contributed by atoms with van der Waals surface area (Å²) in [6, 6.07) is 0. The Morgan fingerprint density at radius 2 is 1.11 bits per heavy atom. The van der Waals surface area contributed by atoms with E-state index in [0.717, 1.165) is 24.3 Å². The van der Waals surface area contributed by atoms with Crippen LogP contribution >= 0.6 is 0 Å². The lowest BCUT2D eigenvalue weighted by Crippen LogP contribution is -2.60. The van der Waals surface area contributed by atoms with Crippen LogP contribution in [0.5, 0.6) is 0 Å². The van der Waals surface area contributed by atoms with Crippen LogP contribution in [0.15, 0.2) is 0 Å². The summed E-state index contributed by atoms with van der Waals surface area (Å²) >= 11 is 0. The lowest BCUT2D eigenvalue weighted by molar-refractivity contribution is 0.0651. The zero-order valence-electron chi connectivity index (χ0n) is 13.7. The van der Waals surface area contributed by atoms with Gasteiger partial charge in [0.1, 0.15) is 0 Å². The fourth-order valence-corrected chi connectivity index (χ4v) is 10.4. The maximum Gasteiger partial charge on any atom is 0.344 e. The SMILES string of the molecule is CCO[Si](OCC)(C1CC(C)(C)C1)C1CC(C)(C)C1. The molecule has 0 N–H and O–H groups in total. The van der Waals surface area contributed by atoms with Crippen molar-refractivity contribution in [2.75, 3.05) is 13.2 Å². The Bertz CT molecular complexity index is 277. The lowest BCUT2D eigenvalue weighted by Gasteiger charge is -2.57. The highest BCUT2D eigenvalue weighted by Gasteiger charge is 2.62. The first kappa shape index (κ1) is 15.5. The van der Waals surface area contributed by atoms with Crippen molar-refractivity contribution in [2.24, 2.45) is 10.8 Å². The molecular formula is C16H32O2Si. The van der Waals surface area contributed by atoms with Crippen LogP contribution in [0.1, 0.15) is 67.2 Å². The molecule has 0 bridgehead atoms. The van der Waals surface area contributed by atoms with Crippen LogP contribution in [0.25, 0.3) is 0 Å². The maximum atomic E-state index is 6.38. The van der Waals surface area contributed by atoms with Gasteiger partial charge in [0.05, 0.1) is 0 Å². The molecule has 0 aromatic heterocycles. The van der Waals surface area contributed by atoms with Crippen molar-refractivity contribution in [2.45, 2.75) is 78.3 Å². The van der Waals surface area contributed by atoms with Crippen LogP contribution in [0.4, 0.5) is 0 Å². The maximum absolute atomic E-state index is 6.38. The number of hydrogen-bond donors (Lipinski definition) is 0. The Labute approximate surface area is 120 Å². The normalized spacial score (nSPS) is 26.8. The fourth-order valence-electron chi connectivity index (χ4n) is 4.42. The molecule has 2 nitrogen and oxygen atoms in total. The standard InChI is InChI=1S/C16H32O2Si/c1-7-17-19(18-8-2,13-9-15(3,4)10-13)14-11-16(5,6)12-14/h13-14H,7-12H2,1-6H3. The summed E-state index contributed by atoms with van der Waals surface area (Å²) in [4.78, 5) is 0. The molecule has 0 aliphatic heterocycles. The van der Waals surface area contributed by atoms with Crippen LogP contribution in [-0.2, 0) is 8.85 Å². The first-order valence-corrected chi connectivity index (χ1v) is 10.00. The molecule has 3 heteroatoms. The zero-order chi connectivity index (χ0) is 14.3. The molecule has 0 aromatic carbocycles. The second-order valence-electron chi connectivity index (χ2n) is 8.13. The Balaban J connectivity index is 2.12. The third-order valence-electron chi connectivity index (χ3n) is 5.07. The molecule has 2 aliphatic rings. The second kappa shape index (κ2) is 5.16. The van der Waals surface area contributed by atoms with Gasteiger partial charge in [-0.1, -0.05) is 27.7 Å². The van der Waals surface area contributed by atoms with Crippen LogP contribution in [0.2, 0.25) is 11.1 Å². The van der Waals surface area contributed by atoms with E-state index in [1.54, 1.807) is 0 Å². The van der Waals surface area contributed by atoms with Crippen LogP contribution in [0.3, 0.4) is 0 Å². The summed E-state index contributed by atoms with van der Waals surface area (Å²) in [7, 11) is -2.01. The molecule has 0 amide bonds. The molecule has 0 atom stereocenters. The molecule has 2 saturated carbocycles. The average Bonchev–Trinajstić information content (AvgIpc) is 2.22. The van der Waals surface area contributed by atoms with E-state index in [4.69, 9.17) is 8.85 Å². The molecule has 2 aliphatic carbocycles. The molecule has 0 radical (unpaired) electrons. The van der Waals surface area contributed by atoms with E-state index in [0.29, 0.717) is 10.8 Å². The van der Waals surface area contributed by atoms with Crippen molar-refractivity contribution in [1.29, 1.82) is 0 Å². The molecule has 0 saturated heterocycles. The summed E-state index contributed by atoms with van der Waals surface area (Å²) in [6.45, 7) is 15.4. The highest BCUT2D eigenvalue weighted by Crippen LogP contribution is 2.63. The van der Waals surface area contributed by atoms with Gasteiger partial charge in [0.15, 0.2) is 0 Å². The summed E-state index contributed by atoms with van der Waals surface area (Å²) in [5, 5.41) is 0. The number of hydrogen-bond acceptors (Lipinski definition) is 2. The molecule has 0 aromatic rings. The Kier molecular flexibility index (Phi) is 4.21. The van der Waals surface area contributed by atoms with E-state index in [1.807, 2.05) is 0 Å². The quantitative estimate of drug-likeness (QED) is 0.647. The van der Waals surface area contributed by atoms with E-state index in [-0.39, 0.29) is 0 Å². The topological polar surface area (TPSA) is 18.5 Å². The number of rotatable bonds is 6. The van der Waals surface area contributed by atoms with Crippen molar-refractivity contribution in [3.8, 4) is 0 Å². The molecular weight excluding hydrogens is 252 g/mol. The van der Waals surface area contributed by atoms with Gasteiger partial charge in [0, 0.05) is 24.3 Å². The van der Waals surface area contributed by atoms with Crippen molar-refractivity contribution in [3.05, 3.63) is 0 Å². The van der Waals surface area contributed by atoms with Crippen molar-refractivity contribution in [1.82, 2.24) is 0 Å². The minimum Gasteiger partial charge on any atom is -0.394 e. The summed E-state index contributed by atoms with van der Waals surface area (Å²) in [5.74, 6) is 0. The van der Waals surface area contributed by atoms with Gasteiger partial charge < -0.3 is 8.85 Å². The van der Waals surface area contributed by atoms with Gasteiger partial charge in [-0.3, -0.25) is 0 Å². The summed E-state index contributed by atoms with van der Waals surface area (Å²) in [5.41, 5.74) is 2.47. The third kappa shape index (κ3) is 2.93. The third-order valence-corrected chi connectivity index (χ3v) is 9.65. The Morgan fingerprint density at radius 1 is 0.789 bits per heavy atom. The molecule has 2 fully saturated rings. The van der Waals surface area contributed by atoms with Crippen LogP contribution in [-0.4, -0.2) is 21.8 Å². The first-order chi connectivity index (χ1) is 8.75. The predicted octanol–water partition coefficient (Wildman–Crippen LogP) is 4.88. The lowest BCUT2D eigenvalue weighted by atomic mass is 9.71. The molecule has 112 valence electrons. The van der Waals surface area contributed by atoms with Gasteiger partial charge in [-0.25, -0.2) is 0 Å². The molecule has 19 heavy (non-hydrogen) atoms. The predicted molar refractivity (Wildman–Crippen MR) is 82.5 cm³/mol. The summed E-state index contributed by atoms with van der Waals surface area (Å²) in [6.07, 6.45) is 5.21. The second-order valence-corrected chi connectivity index (χ2v) is 11.8. The smallest absolute Gasteiger partial charge is 0.344 e. The molecule has 0 spiro atoms. The fraction of sp³-hybridized carbons (Fsp3) is 1.00. The largest absolute Gasteiger partial charge is 0.394 e. The first-order valence-electron chi connectivity index (χ1n) is 8.02. The monoisotopic (exact) mass is 284 g/mol. The van der Waals surface area contributed by atoms with E-state index in [9.17, 15) is 0 Å². The Morgan fingerprint density at radius 3 is 1.32 bits per heavy atom. The van der Waals surface area contributed by atoms with Crippen LogP contribution in [0, 0.1) is 10.8 Å². The average molecular weight is 285 g/mol.